The second kappa shape index (κ2) is 4.82. The topological polar surface area (TPSA) is 70.3 Å². The quantitative estimate of drug-likeness (QED) is 0.754. The Morgan fingerprint density at radius 3 is 2.80 bits per heavy atom. The number of nitrogens with zero attached hydrogens (tertiary/aromatic N) is 1. The molecule has 1 aromatic carbocycles. The normalized spacial score (nSPS) is 9.00. The van der Waals surface area contributed by atoms with Crippen molar-refractivity contribution in [2.75, 3.05) is 6.61 Å². The molecular weight excluding hydrogens is 194 g/mol. The van der Waals surface area contributed by atoms with E-state index in [0.717, 1.165) is 0 Å². The van der Waals surface area contributed by atoms with E-state index in [1.54, 1.807) is 24.3 Å². The maximum absolute atomic E-state index is 10.4. The largest absolute Gasteiger partial charge is 0.487 e. The first-order valence-electron chi connectivity index (χ1n) is 4.18. The summed E-state index contributed by atoms with van der Waals surface area (Å²) in [6.45, 7) is 3.19. The molecule has 15 heavy (non-hydrogen) atoms. The summed E-state index contributed by atoms with van der Waals surface area (Å²) in [7, 11) is 0. The predicted octanol–water partition coefficient (Wildman–Crippen LogP) is 1.58. The second-order valence-electron chi connectivity index (χ2n) is 2.81. The Morgan fingerprint density at radius 2 is 2.20 bits per heavy atom. The first kappa shape index (κ1) is 10.8. The van der Waals surface area contributed by atoms with Gasteiger partial charge in [0.1, 0.15) is 18.4 Å². The Kier molecular flexibility index (Phi) is 3.47. The summed E-state index contributed by atoms with van der Waals surface area (Å²) in [5, 5.41) is 17.3. The van der Waals surface area contributed by atoms with Crippen LogP contribution >= 0.6 is 0 Å². The lowest BCUT2D eigenvalue weighted by molar-refractivity contribution is -0.133. The molecule has 0 saturated heterocycles. The van der Waals surface area contributed by atoms with Gasteiger partial charge in [0.25, 0.3) is 0 Å². The summed E-state index contributed by atoms with van der Waals surface area (Å²) in [6, 6.07) is 8.56. The van der Waals surface area contributed by atoms with Crippen molar-refractivity contribution in [2.24, 2.45) is 0 Å². The van der Waals surface area contributed by atoms with E-state index in [0.29, 0.717) is 11.3 Å². The Morgan fingerprint density at radius 1 is 1.53 bits per heavy atom. The van der Waals surface area contributed by atoms with Crippen LogP contribution in [0, 0.1) is 11.3 Å². The van der Waals surface area contributed by atoms with Crippen LogP contribution in [-0.2, 0) is 4.79 Å². The summed E-state index contributed by atoms with van der Waals surface area (Å²) in [5.74, 6) is -0.744. The van der Waals surface area contributed by atoms with Crippen LogP contribution in [0.5, 0.6) is 5.75 Å². The van der Waals surface area contributed by atoms with E-state index in [-0.39, 0.29) is 12.2 Å². The average Bonchev–Trinajstić information content (AvgIpc) is 2.26. The highest BCUT2D eigenvalue weighted by Gasteiger charge is 2.06. The number of aliphatic carboxylic acids is 1. The number of ether oxygens (including phenoxy) is 1. The van der Waals surface area contributed by atoms with Crippen molar-refractivity contribution in [3.05, 3.63) is 42.0 Å². The van der Waals surface area contributed by atoms with Gasteiger partial charge in [-0.05, 0) is 12.1 Å². The van der Waals surface area contributed by atoms with Crippen LogP contribution in [0.15, 0.2) is 36.4 Å². The number of hydrogen-bond acceptors (Lipinski definition) is 3. The van der Waals surface area contributed by atoms with Crippen molar-refractivity contribution in [3.63, 3.8) is 0 Å². The van der Waals surface area contributed by atoms with Gasteiger partial charge in [0.05, 0.1) is 11.1 Å². The summed E-state index contributed by atoms with van der Waals surface area (Å²) < 4.78 is 5.15. The zero-order valence-electron chi connectivity index (χ0n) is 7.93. The SMILES string of the molecule is C=C(COc1ccccc1C#N)C(=O)O. The van der Waals surface area contributed by atoms with Crippen molar-refractivity contribution < 1.29 is 14.6 Å². The highest BCUT2D eigenvalue weighted by molar-refractivity contribution is 5.86. The van der Waals surface area contributed by atoms with Crippen LogP contribution in [-0.4, -0.2) is 17.7 Å². The molecule has 1 aromatic rings. The molecule has 0 spiro atoms. The van der Waals surface area contributed by atoms with E-state index in [4.69, 9.17) is 15.1 Å². The number of nitriles is 1. The third kappa shape index (κ3) is 2.85. The van der Waals surface area contributed by atoms with Crippen molar-refractivity contribution in [1.82, 2.24) is 0 Å². The van der Waals surface area contributed by atoms with Gasteiger partial charge in [-0.2, -0.15) is 5.26 Å². The van der Waals surface area contributed by atoms with Gasteiger partial charge in [0, 0.05) is 0 Å². The fourth-order valence-electron chi connectivity index (χ4n) is 0.911. The van der Waals surface area contributed by atoms with Crippen molar-refractivity contribution in [1.29, 1.82) is 5.26 Å². The third-order valence-electron chi connectivity index (χ3n) is 1.71. The molecule has 0 saturated carbocycles. The Hall–Kier alpha value is -2.28. The van der Waals surface area contributed by atoms with Gasteiger partial charge in [-0.1, -0.05) is 18.7 Å². The fourth-order valence-corrected chi connectivity index (χ4v) is 0.911. The van der Waals surface area contributed by atoms with Gasteiger partial charge in [-0.15, -0.1) is 0 Å². The molecule has 0 aliphatic heterocycles. The van der Waals surface area contributed by atoms with Gasteiger partial charge >= 0.3 is 5.97 Å². The number of rotatable bonds is 4. The number of carbonyl (C=O) groups is 1. The molecular formula is C11H9NO3. The number of hydrogen-bond donors (Lipinski definition) is 1. The van der Waals surface area contributed by atoms with Crippen LogP contribution in [0.2, 0.25) is 0 Å². The minimum Gasteiger partial charge on any atom is -0.487 e. The lowest BCUT2D eigenvalue weighted by Gasteiger charge is -2.06. The molecule has 0 atom stereocenters. The summed E-state index contributed by atoms with van der Waals surface area (Å²) in [6.07, 6.45) is 0. The van der Waals surface area contributed by atoms with Gasteiger partial charge in [0.15, 0.2) is 0 Å². The average molecular weight is 203 g/mol. The van der Waals surface area contributed by atoms with E-state index < -0.39 is 5.97 Å². The van der Waals surface area contributed by atoms with E-state index >= 15 is 0 Å². The van der Waals surface area contributed by atoms with Gasteiger partial charge in [0.2, 0.25) is 0 Å². The highest BCUT2D eigenvalue weighted by atomic mass is 16.5. The standard InChI is InChI=1S/C11H9NO3/c1-8(11(13)14)7-15-10-5-3-2-4-9(10)6-12/h2-5H,1,7H2,(H,13,14). The lowest BCUT2D eigenvalue weighted by Crippen LogP contribution is -2.09. The molecule has 0 amide bonds. The van der Waals surface area contributed by atoms with Gasteiger partial charge < -0.3 is 9.84 Å². The van der Waals surface area contributed by atoms with Gasteiger partial charge in [-0.25, -0.2) is 4.79 Å². The van der Waals surface area contributed by atoms with Crippen LogP contribution in [0.1, 0.15) is 5.56 Å². The van der Waals surface area contributed by atoms with E-state index in [1.165, 1.54) is 0 Å². The molecule has 4 nitrogen and oxygen atoms in total. The van der Waals surface area contributed by atoms with Crippen molar-refractivity contribution in [2.45, 2.75) is 0 Å². The van der Waals surface area contributed by atoms with Crippen LogP contribution in [0.25, 0.3) is 0 Å². The van der Waals surface area contributed by atoms with Crippen LogP contribution in [0.3, 0.4) is 0 Å². The zero-order valence-corrected chi connectivity index (χ0v) is 7.93. The molecule has 0 aliphatic carbocycles. The zero-order chi connectivity index (χ0) is 11.3. The maximum atomic E-state index is 10.4. The second-order valence-corrected chi connectivity index (χ2v) is 2.81. The number of para-hydroxylation sites is 1. The van der Waals surface area contributed by atoms with Crippen LogP contribution < -0.4 is 4.74 Å². The molecule has 0 heterocycles. The molecule has 0 bridgehead atoms. The maximum Gasteiger partial charge on any atom is 0.334 e. The van der Waals surface area contributed by atoms with E-state index in [1.807, 2.05) is 6.07 Å². The minimum absolute atomic E-state index is 0.0530. The molecule has 4 heteroatoms. The Labute approximate surface area is 87.0 Å². The van der Waals surface area contributed by atoms with Crippen molar-refractivity contribution >= 4 is 5.97 Å². The minimum atomic E-state index is -1.11. The molecule has 1 rings (SSSR count). The van der Waals surface area contributed by atoms with Gasteiger partial charge in [-0.3, -0.25) is 0 Å². The Balaban J connectivity index is 2.70. The number of carboxylic acid groups (broad SMARTS) is 1. The molecule has 0 aliphatic rings. The van der Waals surface area contributed by atoms with Crippen molar-refractivity contribution in [3.8, 4) is 11.8 Å². The lowest BCUT2D eigenvalue weighted by atomic mass is 10.2. The monoisotopic (exact) mass is 203 g/mol. The highest BCUT2D eigenvalue weighted by Crippen LogP contribution is 2.16. The molecule has 0 aromatic heterocycles. The first-order valence-corrected chi connectivity index (χ1v) is 4.18. The first-order chi connectivity index (χ1) is 7.15. The molecule has 76 valence electrons. The molecule has 1 N–H and O–H groups in total. The predicted molar refractivity (Wildman–Crippen MR) is 53.4 cm³/mol. The summed E-state index contributed by atoms with van der Waals surface area (Å²) >= 11 is 0. The van der Waals surface area contributed by atoms with E-state index in [2.05, 4.69) is 6.58 Å². The molecule has 0 unspecified atom stereocenters. The molecule has 0 fully saturated rings. The number of carboxylic acids is 1. The summed E-state index contributed by atoms with van der Waals surface area (Å²) in [4.78, 5) is 10.4. The smallest absolute Gasteiger partial charge is 0.334 e. The van der Waals surface area contributed by atoms with Crippen LogP contribution in [0.4, 0.5) is 0 Å². The Bertz CT molecular complexity index is 432. The fraction of sp³-hybridized carbons (Fsp3) is 0.0909. The summed E-state index contributed by atoms with van der Waals surface area (Å²) in [5.41, 5.74) is 0.318. The van der Waals surface area contributed by atoms with E-state index in [9.17, 15) is 4.79 Å². The third-order valence-corrected chi connectivity index (χ3v) is 1.71. The number of benzene rings is 1. The molecule has 0 radical (unpaired) electrons.